The second-order valence-corrected chi connectivity index (χ2v) is 11.1. The van der Waals surface area contributed by atoms with Crippen molar-refractivity contribution < 1.29 is 12.9 Å². The van der Waals surface area contributed by atoms with Crippen LogP contribution >= 0.6 is 11.3 Å². The monoisotopic (exact) mass is 444 g/mol. The number of aromatic nitrogens is 2. The molecule has 0 radical (unpaired) electrons. The number of aryl methyl sites for hydroxylation is 1. The molecule has 1 saturated carbocycles. The average molecular weight is 445 g/mol. The number of thiophene rings is 1. The van der Waals surface area contributed by atoms with Crippen LogP contribution in [-0.4, -0.2) is 49.0 Å². The van der Waals surface area contributed by atoms with Crippen LogP contribution < -0.4 is 4.90 Å². The van der Waals surface area contributed by atoms with Crippen LogP contribution in [-0.2, 0) is 10.0 Å². The van der Waals surface area contributed by atoms with Gasteiger partial charge < -0.3 is 9.42 Å². The molecule has 2 fully saturated rings. The zero-order valence-electron chi connectivity index (χ0n) is 17.0. The smallest absolute Gasteiger partial charge is 0.252 e. The Bertz CT molecular complexity index is 1170. The van der Waals surface area contributed by atoms with Crippen molar-refractivity contribution in [1.82, 2.24) is 14.4 Å². The summed E-state index contributed by atoms with van der Waals surface area (Å²) >= 11 is 1.21. The first-order chi connectivity index (χ1) is 14.4. The molecule has 30 heavy (non-hydrogen) atoms. The van der Waals surface area contributed by atoms with E-state index < -0.39 is 10.0 Å². The SMILES string of the molecule is Cc1cccc(N2CCN(S(=O)(=O)c3cc(-c4noc(C5CC5)n4)cs3)CC2)c1C. The highest BCUT2D eigenvalue weighted by atomic mass is 32.2. The van der Waals surface area contributed by atoms with E-state index in [0.717, 1.165) is 12.8 Å². The van der Waals surface area contributed by atoms with Crippen LogP contribution in [0.2, 0.25) is 0 Å². The molecule has 2 aromatic heterocycles. The van der Waals surface area contributed by atoms with Gasteiger partial charge in [0.1, 0.15) is 4.21 Å². The summed E-state index contributed by atoms with van der Waals surface area (Å²) < 4.78 is 33.6. The van der Waals surface area contributed by atoms with Gasteiger partial charge in [0, 0.05) is 48.7 Å². The normalized spacial score (nSPS) is 18.1. The number of sulfonamides is 1. The van der Waals surface area contributed by atoms with Crippen LogP contribution in [0.1, 0.15) is 35.8 Å². The van der Waals surface area contributed by atoms with Crippen molar-refractivity contribution in [3.05, 3.63) is 46.7 Å². The summed E-state index contributed by atoms with van der Waals surface area (Å²) in [5.41, 5.74) is 4.39. The molecule has 3 aromatic rings. The highest BCUT2D eigenvalue weighted by molar-refractivity contribution is 7.91. The van der Waals surface area contributed by atoms with E-state index in [0.29, 0.717) is 53.6 Å². The minimum Gasteiger partial charge on any atom is -0.369 e. The van der Waals surface area contributed by atoms with Gasteiger partial charge in [-0.1, -0.05) is 17.3 Å². The van der Waals surface area contributed by atoms with Gasteiger partial charge in [0.25, 0.3) is 10.0 Å². The Morgan fingerprint density at radius 3 is 2.63 bits per heavy atom. The molecule has 1 aliphatic carbocycles. The molecule has 0 spiro atoms. The molecule has 1 aliphatic heterocycles. The maximum atomic E-state index is 13.2. The lowest BCUT2D eigenvalue weighted by Gasteiger charge is -2.36. The Morgan fingerprint density at radius 2 is 1.90 bits per heavy atom. The van der Waals surface area contributed by atoms with Crippen molar-refractivity contribution in [3.8, 4) is 11.4 Å². The fourth-order valence-electron chi connectivity index (χ4n) is 3.79. The molecule has 0 N–H and O–H groups in total. The fraction of sp³-hybridized carbons (Fsp3) is 0.429. The number of anilines is 1. The van der Waals surface area contributed by atoms with E-state index >= 15 is 0 Å². The highest BCUT2D eigenvalue weighted by Crippen LogP contribution is 2.40. The number of hydrogen-bond acceptors (Lipinski definition) is 7. The van der Waals surface area contributed by atoms with E-state index in [1.54, 1.807) is 15.8 Å². The third-order valence-electron chi connectivity index (χ3n) is 5.95. The molecule has 5 rings (SSSR count). The Balaban J connectivity index is 1.30. The maximum Gasteiger partial charge on any atom is 0.252 e. The van der Waals surface area contributed by atoms with E-state index in [9.17, 15) is 8.42 Å². The number of benzene rings is 1. The van der Waals surface area contributed by atoms with E-state index in [-0.39, 0.29) is 0 Å². The molecule has 0 atom stereocenters. The van der Waals surface area contributed by atoms with Gasteiger partial charge in [-0.2, -0.15) is 9.29 Å². The molecule has 0 amide bonds. The van der Waals surface area contributed by atoms with Crippen LogP contribution in [0.4, 0.5) is 5.69 Å². The highest BCUT2D eigenvalue weighted by Gasteiger charge is 2.32. The summed E-state index contributed by atoms with van der Waals surface area (Å²) in [5, 5.41) is 5.81. The number of hydrogen-bond donors (Lipinski definition) is 0. The summed E-state index contributed by atoms with van der Waals surface area (Å²) in [6.07, 6.45) is 2.16. The van der Waals surface area contributed by atoms with E-state index in [4.69, 9.17) is 4.52 Å². The van der Waals surface area contributed by atoms with Gasteiger partial charge in [-0.25, -0.2) is 8.42 Å². The maximum absolute atomic E-state index is 13.2. The van der Waals surface area contributed by atoms with E-state index in [2.05, 4.69) is 47.1 Å². The molecule has 2 aliphatic rings. The second-order valence-electron chi connectivity index (χ2n) is 8.00. The third-order valence-corrected chi connectivity index (χ3v) is 9.27. The van der Waals surface area contributed by atoms with E-state index in [1.165, 1.54) is 28.2 Å². The van der Waals surface area contributed by atoms with Crippen molar-refractivity contribution in [2.75, 3.05) is 31.1 Å². The van der Waals surface area contributed by atoms with Crippen LogP contribution in [0.3, 0.4) is 0 Å². The summed E-state index contributed by atoms with van der Waals surface area (Å²) in [7, 11) is -3.53. The predicted molar refractivity (Wildman–Crippen MR) is 116 cm³/mol. The quantitative estimate of drug-likeness (QED) is 0.596. The van der Waals surface area contributed by atoms with Crippen LogP contribution in [0.15, 0.2) is 38.4 Å². The number of piperazine rings is 1. The average Bonchev–Trinajstić information content (AvgIpc) is 3.26. The first-order valence-corrected chi connectivity index (χ1v) is 12.5. The minimum absolute atomic E-state index is 0.329. The number of nitrogens with zero attached hydrogens (tertiary/aromatic N) is 4. The van der Waals surface area contributed by atoms with Crippen molar-refractivity contribution in [2.45, 2.75) is 36.8 Å². The van der Waals surface area contributed by atoms with Gasteiger partial charge in [-0.15, -0.1) is 11.3 Å². The molecule has 1 saturated heterocycles. The number of rotatable bonds is 5. The van der Waals surface area contributed by atoms with Crippen LogP contribution in [0, 0.1) is 13.8 Å². The molecule has 158 valence electrons. The lowest BCUT2D eigenvalue weighted by molar-refractivity contribution is 0.380. The summed E-state index contributed by atoms with van der Waals surface area (Å²) in [5.74, 6) is 1.50. The van der Waals surface area contributed by atoms with Crippen molar-refractivity contribution >= 4 is 27.0 Å². The van der Waals surface area contributed by atoms with Gasteiger partial charge >= 0.3 is 0 Å². The molecule has 0 unspecified atom stereocenters. The van der Waals surface area contributed by atoms with Gasteiger partial charge in [0.05, 0.1) is 0 Å². The largest absolute Gasteiger partial charge is 0.369 e. The summed E-state index contributed by atoms with van der Waals surface area (Å²) in [4.78, 5) is 6.69. The predicted octanol–water partition coefficient (Wildman–Crippen LogP) is 3.80. The zero-order valence-corrected chi connectivity index (χ0v) is 18.7. The lowest BCUT2D eigenvalue weighted by Crippen LogP contribution is -2.48. The molecule has 7 nitrogen and oxygen atoms in total. The Morgan fingerprint density at radius 1 is 1.13 bits per heavy atom. The Kier molecular flexibility index (Phi) is 4.91. The molecule has 1 aromatic carbocycles. The third kappa shape index (κ3) is 3.55. The molecule has 3 heterocycles. The Labute approximate surface area is 180 Å². The van der Waals surface area contributed by atoms with Crippen LogP contribution in [0.25, 0.3) is 11.4 Å². The first kappa shape index (κ1) is 19.7. The molecular formula is C21H24N4O3S2. The molecule has 9 heteroatoms. The molecular weight excluding hydrogens is 420 g/mol. The first-order valence-electron chi connectivity index (χ1n) is 10.2. The Hall–Kier alpha value is -2.23. The fourth-order valence-corrected chi connectivity index (χ4v) is 6.53. The van der Waals surface area contributed by atoms with Gasteiger partial charge in [0.2, 0.25) is 11.7 Å². The lowest BCUT2D eigenvalue weighted by atomic mass is 10.1. The molecule has 0 bridgehead atoms. The van der Waals surface area contributed by atoms with Crippen molar-refractivity contribution in [1.29, 1.82) is 0 Å². The zero-order chi connectivity index (χ0) is 20.9. The topological polar surface area (TPSA) is 79.5 Å². The van der Waals surface area contributed by atoms with Gasteiger partial charge in [0.15, 0.2) is 0 Å². The van der Waals surface area contributed by atoms with Gasteiger partial charge in [-0.3, -0.25) is 0 Å². The van der Waals surface area contributed by atoms with Gasteiger partial charge in [-0.05, 0) is 49.9 Å². The van der Waals surface area contributed by atoms with Crippen LogP contribution in [0.5, 0.6) is 0 Å². The summed E-state index contributed by atoms with van der Waals surface area (Å²) in [6, 6.07) is 7.93. The second kappa shape index (κ2) is 7.47. The van der Waals surface area contributed by atoms with Crippen molar-refractivity contribution in [3.63, 3.8) is 0 Å². The standard InChI is InChI=1S/C21H24N4O3S2/c1-14-4-3-5-18(15(14)2)24-8-10-25(11-9-24)30(26,27)19-12-17(13-29-19)20-22-21(28-23-20)16-6-7-16/h3-5,12-13,16H,6-11H2,1-2H3. The minimum atomic E-state index is -3.53. The van der Waals surface area contributed by atoms with Crippen molar-refractivity contribution in [2.24, 2.45) is 0 Å². The van der Waals surface area contributed by atoms with E-state index in [1.807, 2.05) is 0 Å². The summed E-state index contributed by atoms with van der Waals surface area (Å²) in [6.45, 7) is 6.52.